The zero-order valence-electron chi connectivity index (χ0n) is 33.8. The van der Waals surface area contributed by atoms with Crippen molar-refractivity contribution in [3.05, 3.63) is 57.2 Å². The number of benzene rings is 2. The largest absolute Gasteiger partial charge is 0.425 e. The van der Waals surface area contributed by atoms with Gasteiger partial charge in [0.05, 0.1) is 38.8 Å². The number of hydrogen-bond acceptors (Lipinski definition) is 25. The standard InChI is InChI=1S/C35H35Cl2N13OS5.2O3S/c1-5-49(6-2)19-9-11-23(43-45-29-27-21(36)17-53-31(27)47-55-29)25(15-19)38-33-40-34(42-35(41-33)52-14-13-51)39-26-16-20(50(7-3)8-4)10-12-24(26)44-46-30-28-22(37)18-54-32(28)48-56-30;2*1-4(2)3/h9-12,15-18,51H,5-8,13-14H2,1-4H3,(H2,38,39,40,41,42);;. The second kappa shape index (κ2) is 24.4. The molecule has 0 radical (unpaired) electrons. The Hall–Kier alpha value is -4.84. The third-order valence-electron chi connectivity index (χ3n) is 8.46. The lowest BCUT2D eigenvalue weighted by molar-refractivity contribution is 0.322. The van der Waals surface area contributed by atoms with E-state index in [4.69, 9.17) is 63.4 Å². The van der Waals surface area contributed by atoms with E-state index >= 15 is 0 Å². The van der Waals surface area contributed by atoms with Crippen molar-refractivity contribution in [2.75, 3.05) is 59.0 Å². The number of aliphatic hydroxyl groups excluding tert-OH is 1. The SMILES string of the molecule is CCN(CC)c1ccc(N=Nc2snc3scc(Cl)c23)c(Nc2nc(Nc3cc(N(CC)CC)ccc3N=Nc3snc4scc(Cl)c34)nc(SCCO)n2)c1.O=S(=O)=O.O=S(=O)=O. The molecule has 29 heteroatoms. The molecule has 0 saturated heterocycles. The van der Waals surface area contributed by atoms with E-state index in [0.717, 1.165) is 58.0 Å². The Balaban J connectivity index is 0.000000890. The Kier molecular flexibility index (Phi) is 19.2. The average molecular weight is 1050 g/mol. The first-order valence-corrected chi connectivity index (χ1v) is 25.6. The molecule has 64 heavy (non-hydrogen) atoms. The maximum Gasteiger partial charge on any atom is 0.425 e. The van der Waals surface area contributed by atoms with Crippen LogP contribution in [0.1, 0.15) is 27.7 Å². The predicted octanol–water partition coefficient (Wildman–Crippen LogP) is 10.6. The third kappa shape index (κ3) is 13.6. The van der Waals surface area contributed by atoms with Gasteiger partial charge in [0.1, 0.15) is 21.0 Å². The molecule has 0 fully saturated rings. The van der Waals surface area contributed by atoms with Crippen LogP contribution >= 0.6 is 80.7 Å². The van der Waals surface area contributed by atoms with Crippen LogP contribution in [0, 0.1) is 0 Å². The monoisotopic (exact) mass is 1040 g/mol. The maximum atomic E-state index is 9.68. The molecular formula is C35H35Cl2N13O7S7. The van der Waals surface area contributed by atoms with E-state index in [0.29, 0.717) is 53.7 Å². The third-order valence-corrected chi connectivity index (χ3v) is 13.6. The molecule has 20 nitrogen and oxygen atoms in total. The summed E-state index contributed by atoms with van der Waals surface area (Å²) in [5.41, 5.74) is 4.37. The van der Waals surface area contributed by atoms with Crippen LogP contribution in [-0.2, 0) is 21.2 Å². The number of hydrogen-bond donors (Lipinski definition) is 3. The van der Waals surface area contributed by atoms with Crippen molar-refractivity contribution in [3.63, 3.8) is 0 Å². The molecule has 7 rings (SSSR count). The van der Waals surface area contributed by atoms with Gasteiger partial charge in [0.2, 0.25) is 11.9 Å². The lowest BCUT2D eigenvalue weighted by atomic mass is 10.2. The highest BCUT2D eigenvalue weighted by atomic mass is 35.5. The van der Waals surface area contributed by atoms with Gasteiger partial charge in [0.25, 0.3) is 0 Å². The Morgan fingerprint density at radius 3 is 1.44 bits per heavy atom. The van der Waals surface area contributed by atoms with Gasteiger partial charge in [-0.1, -0.05) is 35.0 Å². The van der Waals surface area contributed by atoms with Crippen LogP contribution in [0.15, 0.2) is 72.8 Å². The fourth-order valence-electron chi connectivity index (χ4n) is 5.68. The van der Waals surface area contributed by atoms with E-state index in [-0.39, 0.29) is 18.5 Å². The minimum absolute atomic E-state index is 0.0489. The number of aromatic nitrogens is 5. The second-order valence-electron chi connectivity index (χ2n) is 12.1. The fourth-order valence-corrected chi connectivity index (χ4v) is 10.4. The van der Waals surface area contributed by atoms with Gasteiger partial charge in [-0.2, -0.15) is 23.7 Å². The van der Waals surface area contributed by atoms with Gasteiger partial charge in [0, 0.05) is 54.1 Å². The maximum absolute atomic E-state index is 9.68. The van der Waals surface area contributed by atoms with Crippen LogP contribution in [0.2, 0.25) is 10.0 Å². The lowest BCUT2D eigenvalue weighted by Crippen LogP contribution is -2.21. The number of thioether (sulfide) groups is 1. The Morgan fingerprint density at radius 2 is 1.06 bits per heavy atom. The molecule has 2 aromatic carbocycles. The average Bonchev–Trinajstić information content (AvgIpc) is 4.05. The minimum Gasteiger partial charge on any atom is -0.396 e. The fraction of sp³-hybridized carbons (Fsp3) is 0.286. The van der Waals surface area contributed by atoms with E-state index in [9.17, 15) is 5.11 Å². The summed E-state index contributed by atoms with van der Waals surface area (Å²) in [6, 6.07) is 11.8. The second-order valence-corrected chi connectivity index (χ2v) is 18.1. The summed E-state index contributed by atoms with van der Waals surface area (Å²) in [5, 5.41) is 43.0. The van der Waals surface area contributed by atoms with E-state index in [1.807, 2.05) is 47.2 Å². The number of anilines is 6. The van der Waals surface area contributed by atoms with Crippen molar-refractivity contribution in [2.45, 2.75) is 32.9 Å². The van der Waals surface area contributed by atoms with Crippen LogP contribution in [0.3, 0.4) is 0 Å². The highest BCUT2D eigenvalue weighted by molar-refractivity contribution is 7.99. The summed E-state index contributed by atoms with van der Waals surface area (Å²) in [5.74, 6) is 0.915. The molecule has 338 valence electrons. The van der Waals surface area contributed by atoms with Crippen molar-refractivity contribution < 1.29 is 30.4 Å². The van der Waals surface area contributed by atoms with E-state index < -0.39 is 21.2 Å². The van der Waals surface area contributed by atoms with Crippen LogP contribution in [-0.4, -0.2) is 92.6 Å². The van der Waals surface area contributed by atoms with Gasteiger partial charge in [0.15, 0.2) is 15.2 Å². The number of azo groups is 2. The first-order chi connectivity index (χ1) is 30.8. The molecular weight excluding hydrogens is 1010 g/mol. The first kappa shape index (κ1) is 50.2. The van der Waals surface area contributed by atoms with Crippen LogP contribution in [0.5, 0.6) is 0 Å². The van der Waals surface area contributed by atoms with Crippen molar-refractivity contribution in [1.82, 2.24) is 23.7 Å². The van der Waals surface area contributed by atoms with Gasteiger partial charge >= 0.3 is 21.2 Å². The summed E-state index contributed by atoms with van der Waals surface area (Å²) >= 11 is 19.6. The number of nitrogens with zero attached hydrogens (tertiary/aromatic N) is 11. The Morgan fingerprint density at radius 1 is 0.656 bits per heavy atom. The Bertz CT molecular complexity index is 2790. The number of halogens is 2. The summed E-state index contributed by atoms with van der Waals surface area (Å²) in [7, 11) is -6.22. The zero-order valence-corrected chi connectivity index (χ0v) is 41.0. The Labute approximate surface area is 399 Å². The molecule has 0 aliphatic carbocycles. The summed E-state index contributed by atoms with van der Waals surface area (Å²) in [6.45, 7) is 11.6. The number of fused-ring (bicyclic) bond motifs is 2. The topological polar surface area (TPSA) is 267 Å². The molecule has 0 saturated carbocycles. The minimum atomic E-state index is -3.11. The molecule has 7 aromatic rings. The molecule has 0 amide bonds. The predicted molar refractivity (Wildman–Crippen MR) is 257 cm³/mol. The van der Waals surface area contributed by atoms with Gasteiger partial charge in [-0.15, -0.1) is 68.4 Å². The van der Waals surface area contributed by atoms with Crippen molar-refractivity contribution in [2.24, 2.45) is 20.5 Å². The molecule has 0 spiro atoms. The number of rotatable bonds is 17. The molecule has 5 heterocycles. The van der Waals surface area contributed by atoms with Gasteiger partial charge < -0.3 is 25.5 Å². The molecule has 0 aliphatic rings. The molecule has 0 aliphatic heterocycles. The van der Waals surface area contributed by atoms with Crippen LogP contribution < -0.4 is 20.4 Å². The van der Waals surface area contributed by atoms with Gasteiger partial charge in [-0.3, -0.25) is 0 Å². The van der Waals surface area contributed by atoms with Crippen molar-refractivity contribution >= 4 is 178 Å². The van der Waals surface area contributed by atoms with Gasteiger partial charge in [-0.25, -0.2) is 0 Å². The van der Waals surface area contributed by atoms with Crippen LogP contribution in [0.25, 0.3) is 20.4 Å². The van der Waals surface area contributed by atoms with E-state index in [1.165, 1.54) is 57.5 Å². The highest BCUT2D eigenvalue weighted by Crippen LogP contribution is 2.43. The molecule has 0 bridgehead atoms. The van der Waals surface area contributed by atoms with Crippen molar-refractivity contribution in [3.8, 4) is 0 Å². The summed E-state index contributed by atoms with van der Waals surface area (Å²) in [4.78, 5) is 20.4. The smallest absolute Gasteiger partial charge is 0.396 e. The van der Waals surface area contributed by atoms with Crippen LogP contribution in [0.4, 0.5) is 56.0 Å². The van der Waals surface area contributed by atoms with Crippen molar-refractivity contribution in [1.29, 1.82) is 0 Å². The molecule has 3 N–H and O–H groups in total. The molecule has 0 atom stereocenters. The van der Waals surface area contributed by atoms with E-state index in [2.05, 4.69) is 77.3 Å². The highest BCUT2D eigenvalue weighted by Gasteiger charge is 2.17. The molecule has 5 aromatic heterocycles. The first-order valence-electron chi connectivity index (χ1n) is 18.5. The normalized spacial score (nSPS) is 11.1. The number of thiophene rings is 2. The quantitative estimate of drug-likeness (QED) is 0.0565. The van der Waals surface area contributed by atoms with Gasteiger partial charge in [-0.05, 0) is 87.2 Å². The number of aliphatic hydroxyl groups is 1. The lowest BCUT2D eigenvalue weighted by Gasteiger charge is -2.22. The number of nitrogens with one attached hydrogen (secondary N) is 2. The zero-order chi connectivity index (χ0) is 46.3. The van der Waals surface area contributed by atoms with E-state index in [1.54, 1.807) is 0 Å². The summed E-state index contributed by atoms with van der Waals surface area (Å²) in [6.07, 6.45) is 0. The molecule has 0 unspecified atom stereocenters. The summed E-state index contributed by atoms with van der Waals surface area (Å²) < 4.78 is 59.6.